The molecule has 0 aliphatic carbocycles. The Hall–Kier alpha value is -1.63. The number of esters is 1. The first-order valence-corrected chi connectivity index (χ1v) is 6.22. The minimum Gasteiger partial charge on any atom is -0.458 e. The van der Waals surface area contributed by atoms with Crippen molar-refractivity contribution in [3.63, 3.8) is 0 Å². The van der Waals surface area contributed by atoms with Gasteiger partial charge in [-0.05, 0) is 27.7 Å². The molecule has 1 unspecified atom stereocenters. The molecule has 1 aliphatic rings. The van der Waals surface area contributed by atoms with Gasteiger partial charge in [0.2, 0.25) is 5.95 Å². The number of nitrogens with two attached hydrogens (primary N) is 1. The standard InChI is InChI=1S/C12H20N4O3/c1-11(2)5-8(12(3,4)19-11)18-9(17)6-16-7-14-10(13)15-16/h7-8H,5-6H2,1-4H3,(H2,13,15). The molecule has 1 aliphatic heterocycles. The van der Waals surface area contributed by atoms with Crippen molar-refractivity contribution >= 4 is 11.9 Å². The minimum absolute atomic E-state index is 0.00277. The number of nitrogens with zero attached hydrogens (tertiary/aromatic N) is 3. The quantitative estimate of drug-likeness (QED) is 0.813. The summed E-state index contributed by atoms with van der Waals surface area (Å²) in [5, 5.41) is 3.84. The van der Waals surface area contributed by atoms with E-state index in [1.807, 2.05) is 27.7 Å². The zero-order chi connectivity index (χ0) is 14.3. The molecule has 2 heterocycles. The molecule has 0 aromatic carbocycles. The zero-order valence-corrected chi connectivity index (χ0v) is 11.7. The van der Waals surface area contributed by atoms with E-state index in [2.05, 4.69) is 10.1 Å². The van der Waals surface area contributed by atoms with Crippen LogP contribution >= 0.6 is 0 Å². The zero-order valence-electron chi connectivity index (χ0n) is 11.7. The van der Waals surface area contributed by atoms with Crippen molar-refractivity contribution in [1.82, 2.24) is 14.8 Å². The first-order valence-electron chi connectivity index (χ1n) is 6.22. The third kappa shape index (κ3) is 3.23. The third-order valence-corrected chi connectivity index (χ3v) is 3.11. The molecule has 0 saturated carbocycles. The second-order valence-electron chi connectivity index (χ2n) is 5.95. The molecule has 1 atom stereocenters. The lowest BCUT2D eigenvalue weighted by Crippen LogP contribution is -2.37. The Kier molecular flexibility index (Phi) is 3.25. The molecule has 1 fully saturated rings. The van der Waals surface area contributed by atoms with Gasteiger partial charge >= 0.3 is 5.97 Å². The topological polar surface area (TPSA) is 92.3 Å². The van der Waals surface area contributed by atoms with Gasteiger partial charge in [0, 0.05) is 6.42 Å². The van der Waals surface area contributed by atoms with Gasteiger partial charge in [0.1, 0.15) is 24.6 Å². The van der Waals surface area contributed by atoms with Gasteiger partial charge in [0.05, 0.1) is 5.60 Å². The van der Waals surface area contributed by atoms with E-state index in [4.69, 9.17) is 15.2 Å². The lowest BCUT2D eigenvalue weighted by Gasteiger charge is -2.26. The summed E-state index contributed by atoms with van der Waals surface area (Å²) in [4.78, 5) is 15.6. The van der Waals surface area contributed by atoms with Crippen molar-refractivity contribution in [1.29, 1.82) is 0 Å². The van der Waals surface area contributed by atoms with Crippen molar-refractivity contribution in [2.75, 3.05) is 5.73 Å². The van der Waals surface area contributed by atoms with Crippen molar-refractivity contribution in [2.45, 2.75) is 58.0 Å². The van der Waals surface area contributed by atoms with Crippen molar-refractivity contribution in [3.05, 3.63) is 6.33 Å². The largest absolute Gasteiger partial charge is 0.458 e. The monoisotopic (exact) mass is 268 g/mol. The Balaban J connectivity index is 1.96. The lowest BCUT2D eigenvalue weighted by atomic mass is 9.97. The van der Waals surface area contributed by atoms with Crippen LogP contribution in [0, 0.1) is 0 Å². The summed E-state index contributed by atoms with van der Waals surface area (Å²) in [6.45, 7) is 7.82. The van der Waals surface area contributed by atoms with Crippen LogP contribution in [-0.2, 0) is 20.8 Å². The van der Waals surface area contributed by atoms with Gasteiger partial charge in [-0.3, -0.25) is 4.79 Å². The average molecular weight is 268 g/mol. The van der Waals surface area contributed by atoms with Gasteiger partial charge < -0.3 is 15.2 Å². The van der Waals surface area contributed by atoms with Crippen LogP contribution in [-0.4, -0.2) is 38.0 Å². The highest BCUT2D eigenvalue weighted by atomic mass is 16.6. The van der Waals surface area contributed by atoms with Crippen molar-refractivity contribution in [2.24, 2.45) is 0 Å². The van der Waals surface area contributed by atoms with Gasteiger partial charge in [-0.25, -0.2) is 9.67 Å². The van der Waals surface area contributed by atoms with Crippen LogP contribution in [0.5, 0.6) is 0 Å². The van der Waals surface area contributed by atoms with E-state index in [0.29, 0.717) is 6.42 Å². The molecule has 1 aromatic rings. The number of aromatic nitrogens is 3. The van der Waals surface area contributed by atoms with Gasteiger partial charge in [0.25, 0.3) is 0 Å². The molecule has 1 saturated heterocycles. The molecule has 0 spiro atoms. The summed E-state index contributed by atoms with van der Waals surface area (Å²) in [7, 11) is 0. The number of hydrogen-bond acceptors (Lipinski definition) is 6. The second kappa shape index (κ2) is 4.48. The number of anilines is 1. The average Bonchev–Trinajstić information content (AvgIpc) is 2.68. The Bertz CT molecular complexity index is 481. The van der Waals surface area contributed by atoms with Crippen LogP contribution < -0.4 is 5.73 Å². The number of carbonyl (C=O) groups excluding carboxylic acids is 1. The molecule has 2 N–H and O–H groups in total. The molecule has 106 valence electrons. The molecule has 19 heavy (non-hydrogen) atoms. The first-order chi connectivity index (χ1) is 8.68. The Morgan fingerprint density at radius 3 is 2.74 bits per heavy atom. The van der Waals surface area contributed by atoms with Crippen LogP contribution in [0.15, 0.2) is 6.33 Å². The van der Waals surface area contributed by atoms with Gasteiger partial charge in [-0.15, -0.1) is 5.10 Å². The molecule has 7 nitrogen and oxygen atoms in total. The van der Waals surface area contributed by atoms with Crippen LogP contribution in [0.3, 0.4) is 0 Å². The summed E-state index contributed by atoms with van der Waals surface area (Å²) in [5.74, 6) is -0.234. The summed E-state index contributed by atoms with van der Waals surface area (Å²) >= 11 is 0. The minimum atomic E-state index is -0.486. The van der Waals surface area contributed by atoms with Gasteiger partial charge in [-0.2, -0.15) is 0 Å². The summed E-state index contributed by atoms with van der Waals surface area (Å²) in [5.41, 5.74) is 4.61. The van der Waals surface area contributed by atoms with E-state index < -0.39 is 5.60 Å². The fraction of sp³-hybridized carbons (Fsp3) is 0.750. The van der Waals surface area contributed by atoms with Crippen LogP contribution in [0.4, 0.5) is 5.95 Å². The SMILES string of the molecule is CC1(C)CC(OC(=O)Cn2cnc(N)n2)C(C)(C)O1. The number of carbonyl (C=O) groups is 1. The molecule has 7 heteroatoms. The number of ether oxygens (including phenoxy) is 2. The van der Waals surface area contributed by atoms with Crippen molar-refractivity contribution < 1.29 is 14.3 Å². The predicted molar refractivity (Wildman–Crippen MR) is 68.2 cm³/mol. The van der Waals surface area contributed by atoms with E-state index in [1.54, 1.807) is 0 Å². The molecule has 0 bridgehead atoms. The van der Waals surface area contributed by atoms with Crippen molar-refractivity contribution in [3.8, 4) is 0 Å². The predicted octanol–water partition coefficient (Wildman–Crippen LogP) is 0.750. The maximum Gasteiger partial charge on any atom is 0.328 e. The van der Waals surface area contributed by atoms with Crippen LogP contribution in [0.2, 0.25) is 0 Å². The number of nitrogen functional groups attached to an aromatic ring is 1. The van der Waals surface area contributed by atoms with Gasteiger partial charge in [0.15, 0.2) is 0 Å². The van der Waals surface area contributed by atoms with E-state index >= 15 is 0 Å². The van der Waals surface area contributed by atoms with Crippen LogP contribution in [0.25, 0.3) is 0 Å². The highest BCUT2D eigenvalue weighted by Gasteiger charge is 2.48. The highest BCUT2D eigenvalue weighted by molar-refractivity contribution is 5.69. The third-order valence-electron chi connectivity index (χ3n) is 3.11. The molecule has 2 rings (SSSR count). The fourth-order valence-electron chi connectivity index (χ4n) is 2.41. The molecular weight excluding hydrogens is 248 g/mol. The maximum absolute atomic E-state index is 11.9. The maximum atomic E-state index is 11.9. The molecular formula is C12H20N4O3. The number of hydrogen-bond donors (Lipinski definition) is 1. The Morgan fingerprint density at radius 1 is 1.58 bits per heavy atom. The first kappa shape index (κ1) is 13.8. The fourth-order valence-corrected chi connectivity index (χ4v) is 2.41. The Labute approximate surface area is 112 Å². The summed E-state index contributed by atoms with van der Waals surface area (Å²) < 4.78 is 12.7. The lowest BCUT2D eigenvalue weighted by molar-refractivity contribution is -0.159. The molecule has 1 aromatic heterocycles. The molecule has 0 amide bonds. The van der Waals surface area contributed by atoms with E-state index in [-0.39, 0.29) is 30.2 Å². The second-order valence-corrected chi connectivity index (χ2v) is 5.95. The summed E-state index contributed by atoms with van der Waals surface area (Å²) in [6, 6.07) is 0. The van der Waals surface area contributed by atoms with E-state index in [0.717, 1.165) is 0 Å². The van der Waals surface area contributed by atoms with Gasteiger partial charge in [-0.1, -0.05) is 0 Å². The summed E-state index contributed by atoms with van der Waals surface area (Å²) in [6.07, 6.45) is 1.80. The normalized spacial score (nSPS) is 24.3. The van der Waals surface area contributed by atoms with E-state index in [9.17, 15) is 4.79 Å². The smallest absolute Gasteiger partial charge is 0.328 e. The van der Waals surface area contributed by atoms with Crippen LogP contribution in [0.1, 0.15) is 34.1 Å². The highest BCUT2D eigenvalue weighted by Crippen LogP contribution is 2.39. The Morgan fingerprint density at radius 2 is 2.26 bits per heavy atom. The number of rotatable bonds is 3. The molecule has 0 radical (unpaired) electrons. The van der Waals surface area contributed by atoms with E-state index in [1.165, 1.54) is 11.0 Å².